The number of halogens is 4. The van der Waals surface area contributed by atoms with Crippen LogP contribution in [0.4, 0.5) is 13.2 Å². The van der Waals surface area contributed by atoms with Crippen LogP contribution in [-0.4, -0.2) is 22.8 Å². The molecular weight excluding hydrogens is 332 g/mol. The summed E-state index contributed by atoms with van der Waals surface area (Å²) in [4.78, 5) is 0. The Labute approximate surface area is 108 Å². The van der Waals surface area contributed by atoms with Gasteiger partial charge in [-0.1, -0.05) is 48.3 Å². The van der Waals surface area contributed by atoms with Crippen molar-refractivity contribution in [3.8, 4) is 0 Å². The maximum Gasteiger partial charge on any atom is 0.391 e. The van der Waals surface area contributed by atoms with Crippen molar-refractivity contribution in [3.05, 3.63) is 0 Å². The normalized spacial score (nSPS) is 21.8. The van der Waals surface area contributed by atoms with Crippen molar-refractivity contribution >= 4 is 22.6 Å². The molecule has 1 aliphatic carbocycles. The zero-order valence-corrected chi connectivity index (χ0v) is 11.4. The molecule has 5 heteroatoms. The fourth-order valence-electron chi connectivity index (χ4n) is 2.07. The van der Waals surface area contributed by atoms with Gasteiger partial charge in [-0.05, 0) is 12.8 Å². The van der Waals surface area contributed by atoms with Crippen molar-refractivity contribution in [2.45, 2.75) is 56.7 Å². The average Bonchev–Trinajstić information content (AvgIpc) is 2.42. The molecule has 96 valence electrons. The molecule has 1 saturated carbocycles. The van der Waals surface area contributed by atoms with Crippen LogP contribution in [0.3, 0.4) is 0 Å². The van der Waals surface area contributed by atoms with Gasteiger partial charge in [-0.3, -0.25) is 0 Å². The lowest BCUT2D eigenvalue weighted by molar-refractivity contribution is -0.157. The molecule has 1 aliphatic rings. The van der Waals surface area contributed by atoms with Crippen molar-refractivity contribution in [1.82, 2.24) is 0 Å². The standard InChI is InChI=1S/C11H18F3IO/c12-11(13,14)7-8-16-10(9-15)5-3-1-2-4-6-10/h1-9H2. The molecule has 0 aromatic heterocycles. The van der Waals surface area contributed by atoms with Crippen molar-refractivity contribution in [3.63, 3.8) is 0 Å². The van der Waals surface area contributed by atoms with Crippen molar-refractivity contribution in [1.29, 1.82) is 0 Å². The van der Waals surface area contributed by atoms with Gasteiger partial charge in [-0.2, -0.15) is 13.2 Å². The van der Waals surface area contributed by atoms with Gasteiger partial charge in [0.05, 0.1) is 18.6 Å². The topological polar surface area (TPSA) is 9.23 Å². The first kappa shape index (κ1) is 14.5. The van der Waals surface area contributed by atoms with Crippen LogP contribution < -0.4 is 0 Å². The molecule has 0 unspecified atom stereocenters. The van der Waals surface area contributed by atoms with E-state index in [1.165, 1.54) is 12.8 Å². The first-order valence-electron chi connectivity index (χ1n) is 5.74. The van der Waals surface area contributed by atoms with Crippen LogP contribution in [0.5, 0.6) is 0 Å². The van der Waals surface area contributed by atoms with E-state index >= 15 is 0 Å². The second-order valence-corrected chi connectivity index (χ2v) is 5.21. The number of ether oxygens (including phenoxy) is 1. The van der Waals surface area contributed by atoms with Crippen LogP contribution in [-0.2, 0) is 4.74 Å². The molecule has 0 N–H and O–H groups in total. The largest absolute Gasteiger partial charge is 0.391 e. The molecule has 0 amide bonds. The first-order valence-corrected chi connectivity index (χ1v) is 7.27. The molecule has 0 heterocycles. The van der Waals surface area contributed by atoms with Gasteiger partial charge in [-0.25, -0.2) is 0 Å². The lowest BCUT2D eigenvalue weighted by Crippen LogP contribution is -2.35. The molecule has 16 heavy (non-hydrogen) atoms. The summed E-state index contributed by atoms with van der Waals surface area (Å²) in [5.74, 6) is 0. The van der Waals surface area contributed by atoms with Crippen LogP contribution in [0.15, 0.2) is 0 Å². The maximum absolute atomic E-state index is 12.0. The summed E-state index contributed by atoms with van der Waals surface area (Å²) < 4.78 is 42.5. The molecule has 0 bridgehead atoms. The summed E-state index contributed by atoms with van der Waals surface area (Å²) in [5.41, 5.74) is -0.289. The Morgan fingerprint density at radius 3 is 2.06 bits per heavy atom. The summed E-state index contributed by atoms with van der Waals surface area (Å²) >= 11 is 2.23. The Morgan fingerprint density at radius 2 is 1.62 bits per heavy atom. The Kier molecular flexibility index (Phi) is 5.84. The third-order valence-electron chi connectivity index (χ3n) is 3.05. The van der Waals surface area contributed by atoms with Crippen molar-refractivity contribution < 1.29 is 17.9 Å². The number of hydrogen-bond donors (Lipinski definition) is 0. The van der Waals surface area contributed by atoms with Gasteiger partial charge < -0.3 is 4.74 Å². The summed E-state index contributed by atoms with van der Waals surface area (Å²) in [6, 6.07) is 0. The van der Waals surface area contributed by atoms with Gasteiger partial charge >= 0.3 is 6.18 Å². The summed E-state index contributed by atoms with van der Waals surface area (Å²) in [6.07, 6.45) is 1.41. The molecular formula is C11H18F3IO. The van der Waals surface area contributed by atoms with Gasteiger partial charge in [0.15, 0.2) is 0 Å². The van der Waals surface area contributed by atoms with Gasteiger partial charge in [0.1, 0.15) is 0 Å². The highest BCUT2D eigenvalue weighted by Gasteiger charge is 2.33. The zero-order valence-electron chi connectivity index (χ0n) is 9.28. The highest BCUT2D eigenvalue weighted by Crippen LogP contribution is 2.33. The quantitative estimate of drug-likeness (QED) is 0.413. The van der Waals surface area contributed by atoms with E-state index in [1.807, 2.05) is 0 Å². The van der Waals surface area contributed by atoms with E-state index in [9.17, 15) is 13.2 Å². The second-order valence-electron chi connectivity index (χ2n) is 4.44. The number of rotatable bonds is 4. The Bertz CT molecular complexity index is 198. The molecule has 0 aliphatic heterocycles. The molecule has 0 aromatic rings. The van der Waals surface area contributed by atoms with E-state index in [-0.39, 0.29) is 12.2 Å². The van der Waals surface area contributed by atoms with Crippen LogP contribution in [0, 0.1) is 0 Å². The van der Waals surface area contributed by atoms with Crippen LogP contribution in [0.1, 0.15) is 44.9 Å². The van der Waals surface area contributed by atoms with Crippen molar-refractivity contribution in [2.24, 2.45) is 0 Å². The van der Waals surface area contributed by atoms with E-state index in [0.29, 0.717) is 0 Å². The van der Waals surface area contributed by atoms with E-state index in [4.69, 9.17) is 4.74 Å². The Morgan fingerprint density at radius 1 is 1.06 bits per heavy atom. The van der Waals surface area contributed by atoms with Gasteiger partial charge in [-0.15, -0.1) is 0 Å². The van der Waals surface area contributed by atoms with E-state index in [2.05, 4.69) is 22.6 Å². The molecule has 0 aromatic carbocycles. The Balaban J connectivity index is 2.39. The van der Waals surface area contributed by atoms with Gasteiger partial charge in [0, 0.05) is 4.43 Å². The highest BCUT2D eigenvalue weighted by molar-refractivity contribution is 14.1. The zero-order chi connectivity index (χ0) is 12.1. The lowest BCUT2D eigenvalue weighted by Gasteiger charge is -2.31. The van der Waals surface area contributed by atoms with Crippen LogP contribution >= 0.6 is 22.6 Å². The highest BCUT2D eigenvalue weighted by atomic mass is 127. The molecule has 1 fully saturated rings. The lowest BCUT2D eigenvalue weighted by atomic mass is 9.97. The number of hydrogen-bond acceptors (Lipinski definition) is 1. The van der Waals surface area contributed by atoms with Crippen LogP contribution in [0.2, 0.25) is 0 Å². The monoisotopic (exact) mass is 350 g/mol. The van der Waals surface area contributed by atoms with E-state index < -0.39 is 12.6 Å². The first-order chi connectivity index (χ1) is 7.47. The third-order valence-corrected chi connectivity index (χ3v) is 4.44. The minimum Gasteiger partial charge on any atom is -0.374 e. The molecule has 0 spiro atoms. The average molecular weight is 350 g/mol. The van der Waals surface area contributed by atoms with E-state index in [1.54, 1.807) is 0 Å². The minimum absolute atomic E-state index is 0.188. The fraction of sp³-hybridized carbons (Fsp3) is 1.00. The minimum atomic E-state index is -4.10. The summed E-state index contributed by atoms with van der Waals surface area (Å²) in [5, 5.41) is 0. The van der Waals surface area contributed by atoms with E-state index in [0.717, 1.165) is 30.1 Å². The maximum atomic E-state index is 12.0. The second kappa shape index (κ2) is 6.42. The number of alkyl halides is 4. The molecule has 1 rings (SSSR count). The predicted octanol–water partition coefficient (Wildman–Crippen LogP) is 4.48. The summed E-state index contributed by atoms with van der Waals surface area (Å²) in [6.45, 7) is -0.188. The van der Waals surface area contributed by atoms with Gasteiger partial charge in [0.25, 0.3) is 0 Å². The molecule has 0 saturated heterocycles. The molecule has 0 radical (unpaired) electrons. The van der Waals surface area contributed by atoms with Crippen LogP contribution in [0.25, 0.3) is 0 Å². The third kappa shape index (κ3) is 5.21. The fourth-order valence-corrected chi connectivity index (χ4v) is 3.06. The summed E-state index contributed by atoms with van der Waals surface area (Å²) in [7, 11) is 0. The Hall–Kier alpha value is 0.480. The van der Waals surface area contributed by atoms with Crippen molar-refractivity contribution in [2.75, 3.05) is 11.0 Å². The molecule has 1 nitrogen and oxygen atoms in total. The predicted molar refractivity (Wildman–Crippen MR) is 65.9 cm³/mol. The van der Waals surface area contributed by atoms with Gasteiger partial charge in [0.2, 0.25) is 0 Å². The SMILES string of the molecule is FC(F)(F)CCOC1(CI)CCCCCC1. The molecule has 0 atom stereocenters. The smallest absolute Gasteiger partial charge is 0.374 e.